The molecule has 1 spiro atoms. The largest absolute Gasteiger partial charge is 0.490 e. The summed E-state index contributed by atoms with van der Waals surface area (Å²) in [5.41, 5.74) is 3.48. The maximum atomic E-state index is 13.3. The van der Waals surface area contributed by atoms with Gasteiger partial charge in [0.15, 0.2) is 0 Å². The fraction of sp³-hybridized carbons (Fsp3) is 0.594. The average molecular weight is 615 g/mol. The van der Waals surface area contributed by atoms with Gasteiger partial charge in [-0.1, -0.05) is 17.7 Å². The van der Waals surface area contributed by atoms with Crippen molar-refractivity contribution in [2.45, 2.75) is 75.6 Å². The zero-order valence-corrected chi connectivity index (χ0v) is 25.6. The third-order valence-electron chi connectivity index (χ3n) is 10.1. The van der Waals surface area contributed by atoms with Crippen LogP contribution in [-0.4, -0.2) is 64.7 Å². The van der Waals surface area contributed by atoms with Crippen molar-refractivity contribution in [2.24, 2.45) is 11.8 Å². The van der Waals surface area contributed by atoms with Gasteiger partial charge < -0.3 is 19.1 Å². The van der Waals surface area contributed by atoms with Crippen molar-refractivity contribution in [3.63, 3.8) is 0 Å². The number of carbonyl (C=O) groups is 1. The topological polar surface area (TPSA) is 94.2 Å². The van der Waals surface area contributed by atoms with Gasteiger partial charge in [0.25, 0.3) is 5.91 Å². The van der Waals surface area contributed by atoms with Gasteiger partial charge in [-0.3, -0.25) is 4.79 Å². The number of nitrogens with zero attached hydrogens (tertiary/aromatic N) is 1. The van der Waals surface area contributed by atoms with E-state index in [1.165, 1.54) is 11.1 Å². The SMILES string of the molecule is C[C@H]1CS(=O)(=O)NC(=O)c2ccc3c(c2)N(C[C@@H]2CC[C@H]2[C@@H]2C[C@@H](CCO2)O1)C[C@@]1(CCCc2cc(Cl)ccc21)CO3. The molecule has 8 nitrogen and oxygen atoms in total. The molecule has 0 aromatic heterocycles. The number of fused-ring (bicyclic) bond motifs is 7. The Hall–Kier alpha value is -2.33. The molecule has 1 saturated carbocycles. The molecule has 2 aromatic rings. The molecule has 42 heavy (non-hydrogen) atoms. The van der Waals surface area contributed by atoms with Crippen molar-refractivity contribution in [1.29, 1.82) is 0 Å². The summed E-state index contributed by atoms with van der Waals surface area (Å²) in [6.07, 6.45) is 6.28. The van der Waals surface area contributed by atoms with Crippen LogP contribution in [0.3, 0.4) is 0 Å². The van der Waals surface area contributed by atoms with Crippen molar-refractivity contribution in [3.8, 4) is 5.75 Å². The number of amides is 1. The fourth-order valence-corrected chi connectivity index (χ4v) is 9.36. The summed E-state index contributed by atoms with van der Waals surface area (Å²) in [6.45, 7) is 4.46. The van der Waals surface area contributed by atoms with E-state index in [0.29, 0.717) is 30.6 Å². The number of anilines is 1. The summed E-state index contributed by atoms with van der Waals surface area (Å²) in [6, 6.07) is 11.5. The first-order valence-electron chi connectivity index (χ1n) is 15.3. The van der Waals surface area contributed by atoms with Crippen LogP contribution in [0.1, 0.15) is 66.9 Å². The minimum absolute atomic E-state index is 0.0569. The van der Waals surface area contributed by atoms with E-state index in [4.69, 9.17) is 25.8 Å². The lowest BCUT2D eigenvalue weighted by atomic mass is 9.67. The second kappa shape index (κ2) is 11.0. The molecule has 2 aliphatic carbocycles. The van der Waals surface area contributed by atoms with Crippen LogP contribution in [0.15, 0.2) is 36.4 Å². The molecular formula is C32H39ClN2O6S. The molecule has 6 atom stereocenters. The van der Waals surface area contributed by atoms with E-state index in [0.717, 1.165) is 74.5 Å². The highest BCUT2D eigenvalue weighted by molar-refractivity contribution is 7.90. The van der Waals surface area contributed by atoms with E-state index in [1.807, 2.05) is 12.1 Å². The summed E-state index contributed by atoms with van der Waals surface area (Å²) >= 11 is 6.41. The molecule has 226 valence electrons. The summed E-state index contributed by atoms with van der Waals surface area (Å²) in [7, 11) is -3.91. The number of halogens is 1. The van der Waals surface area contributed by atoms with E-state index in [1.54, 1.807) is 19.1 Å². The summed E-state index contributed by atoms with van der Waals surface area (Å²) < 4.78 is 47.3. The zero-order valence-electron chi connectivity index (χ0n) is 24.0. The Balaban J connectivity index is 1.29. The third kappa shape index (κ3) is 5.42. The fourth-order valence-electron chi connectivity index (χ4n) is 7.99. The quantitative estimate of drug-likeness (QED) is 0.453. The summed E-state index contributed by atoms with van der Waals surface area (Å²) in [5, 5.41) is 0.751. The lowest BCUT2D eigenvalue weighted by Crippen LogP contribution is -2.51. The number of carbonyl (C=O) groups excluding carboxylic acids is 1. The van der Waals surface area contributed by atoms with Crippen LogP contribution < -0.4 is 14.4 Å². The Labute approximate surface area is 253 Å². The van der Waals surface area contributed by atoms with Crippen LogP contribution in [0.4, 0.5) is 5.69 Å². The Morgan fingerprint density at radius 2 is 2.00 bits per heavy atom. The molecule has 2 aromatic carbocycles. The predicted octanol–water partition coefficient (Wildman–Crippen LogP) is 4.87. The monoisotopic (exact) mass is 614 g/mol. The summed E-state index contributed by atoms with van der Waals surface area (Å²) in [4.78, 5) is 15.7. The van der Waals surface area contributed by atoms with Gasteiger partial charge in [0.2, 0.25) is 10.0 Å². The van der Waals surface area contributed by atoms with Crippen LogP contribution >= 0.6 is 11.6 Å². The Kier molecular flexibility index (Phi) is 7.44. The maximum Gasteiger partial charge on any atom is 0.264 e. The van der Waals surface area contributed by atoms with Gasteiger partial charge in [0.1, 0.15) is 5.75 Å². The number of hydrogen-bond donors (Lipinski definition) is 1. The minimum Gasteiger partial charge on any atom is -0.490 e. The molecule has 1 amide bonds. The van der Waals surface area contributed by atoms with Crippen molar-refractivity contribution < 1.29 is 27.4 Å². The normalized spacial score (nSPS) is 34.2. The number of nitrogens with one attached hydrogen (secondary N) is 1. The number of sulfonamides is 1. The van der Waals surface area contributed by atoms with Gasteiger partial charge >= 0.3 is 0 Å². The number of aryl methyl sites for hydroxylation is 1. The van der Waals surface area contributed by atoms with Crippen LogP contribution in [0.25, 0.3) is 0 Å². The molecule has 7 rings (SSSR count). The van der Waals surface area contributed by atoms with Crippen molar-refractivity contribution in [2.75, 3.05) is 37.0 Å². The molecule has 2 fully saturated rings. The highest BCUT2D eigenvalue weighted by atomic mass is 35.5. The number of hydrogen-bond acceptors (Lipinski definition) is 7. The Morgan fingerprint density at radius 1 is 1.12 bits per heavy atom. The van der Waals surface area contributed by atoms with Crippen LogP contribution in [0.5, 0.6) is 5.75 Å². The minimum atomic E-state index is -3.91. The lowest BCUT2D eigenvalue weighted by Gasteiger charge is -2.48. The van der Waals surface area contributed by atoms with Crippen molar-refractivity contribution >= 4 is 33.2 Å². The van der Waals surface area contributed by atoms with E-state index in [-0.39, 0.29) is 23.4 Å². The maximum absolute atomic E-state index is 13.3. The van der Waals surface area contributed by atoms with Crippen LogP contribution in [-0.2, 0) is 31.3 Å². The third-order valence-corrected chi connectivity index (χ3v) is 11.7. The van der Waals surface area contributed by atoms with E-state index in [9.17, 15) is 13.2 Å². The first-order valence-corrected chi connectivity index (χ1v) is 17.3. The molecule has 10 heteroatoms. The predicted molar refractivity (Wildman–Crippen MR) is 161 cm³/mol. The van der Waals surface area contributed by atoms with Gasteiger partial charge in [0, 0.05) is 42.1 Å². The van der Waals surface area contributed by atoms with E-state index < -0.39 is 22.0 Å². The Bertz CT molecular complexity index is 1480. The molecule has 5 aliphatic rings. The molecule has 4 bridgehead atoms. The molecule has 1 saturated heterocycles. The molecular weight excluding hydrogens is 576 g/mol. The highest BCUT2D eigenvalue weighted by Gasteiger charge is 2.45. The lowest BCUT2D eigenvalue weighted by molar-refractivity contribution is -0.126. The van der Waals surface area contributed by atoms with Crippen molar-refractivity contribution in [3.05, 3.63) is 58.1 Å². The molecule has 1 N–H and O–H groups in total. The first kappa shape index (κ1) is 28.4. The molecule has 3 heterocycles. The molecule has 3 aliphatic heterocycles. The van der Waals surface area contributed by atoms with Gasteiger partial charge in [0.05, 0.1) is 36.4 Å². The number of rotatable bonds is 0. The second-order valence-electron chi connectivity index (χ2n) is 13.0. The van der Waals surface area contributed by atoms with Gasteiger partial charge in [-0.05, 0) is 98.7 Å². The highest BCUT2D eigenvalue weighted by Crippen LogP contribution is 2.47. The van der Waals surface area contributed by atoms with Gasteiger partial charge in [-0.25, -0.2) is 13.1 Å². The Morgan fingerprint density at radius 3 is 2.83 bits per heavy atom. The first-order chi connectivity index (χ1) is 20.2. The second-order valence-corrected chi connectivity index (χ2v) is 15.2. The number of ether oxygens (including phenoxy) is 3. The average Bonchev–Trinajstić information content (AvgIpc) is 3.07. The van der Waals surface area contributed by atoms with E-state index in [2.05, 4.69) is 21.8 Å². The summed E-state index contributed by atoms with van der Waals surface area (Å²) in [5.74, 6) is 0.657. The smallest absolute Gasteiger partial charge is 0.264 e. The van der Waals surface area contributed by atoms with Crippen molar-refractivity contribution in [1.82, 2.24) is 4.72 Å². The number of benzene rings is 2. The van der Waals surface area contributed by atoms with E-state index >= 15 is 0 Å². The molecule has 0 radical (unpaired) electrons. The van der Waals surface area contributed by atoms with Gasteiger partial charge in [-0.2, -0.15) is 0 Å². The zero-order chi connectivity index (χ0) is 29.1. The van der Waals surface area contributed by atoms with Crippen LogP contribution in [0, 0.1) is 11.8 Å². The molecule has 0 unspecified atom stereocenters. The van der Waals surface area contributed by atoms with Gasteiger partial charge in [-0.15, -0.1) is 0 Å². The standard InChI is InChI=1S/C32H39ClN2O6S/c1-20-17-42(37,38)34-31(36)22-5-9-29-28(14-22)35(16-23-4-7-26(23)30-15-25(41-20)10-12-39-30)18-32(19-40-29)11-2-3-21-13-24(33)6-8-27(21)32/h5-6,8-9,13-14,20,23,25-26,30H,2-4,7,10-12,15-19H2,1H3,(H,34,36)/t20-,23-,25+,26+,30-,32-/m0/s1. The van der Waals surface area contributed by atoms with Crippen LogP contribution in [0.2, 0.25) is 5.02 Å².